The van der Waals surface area contributed by atoms with Crippen LogP contribution in [0.4, 0.5) is 0 Å². The van der Waals surface area contributed by atoms with Crippen LogP contribution in [0.15, 0.2) is 0 Å². The van der Waals surface area contributed by atoms with Crippen molar-refractivity contribution in [3.63, 3.8) is 0 Å². The van der Waals surface area contributed by atoms with E-state index in [0.29, 0.717) is 13.2 Å². The molecule has 5 heteroatoms. The van der Waals surface area contributed by atoms with Gasteiger partial charge in [-0.2, -0.15) is 0 Å². The summed E-state index contributed by atoms with van der Waals surface area (Å²) < 4.78 is 5.49. The van der Waals surface area contributed by atoms with Gasteiger partial charge in [0.2, 0.25) is 0 Å². The predicted octanol–water partition coefficient (Wildman–Crippen LogP) is 1.95. The molecule has 0 aliphatic carbocycles. The van der Waals surface area contributed by atoms with E-state index in [4.69, 9.17) is 4.74 Å². The summed E-state index contributed by atoms with van der Waals surface area (Å²) in [5.41, 5.74) is 0.407. The Bertz CT molecular complexity index is 403. The molecule has 0 spiro atoms. The fourth-order valence-electron chi connectivity index (χ4n) is 1.92. The fraction of sp³-hybridized carbons (Fsp3) is 0.667. The number of amides is 1. The van der Waals surface area contributed by atoms with Crippen molar-refractivity contribution in [1.29, 1.82) is 0 Å². The third-order valence-electron chi connectivity index (χ3n) is 3.17. The number of carbonyl (C=O) groups excluding carboxylic acids is 1. The Kier molecular flexibility index (Phi) is 3.49. The molecule has 1 aromatic rings. The van der Waals surface area contributed by atoms with Gasteiger partial charge in [-0.05, 0) is 33.6 Å². The highest BCUT2D eigenvalue weighted by molar-refractivity contribution is 7.11. The third-order valence-corrected chi connectivity index (χ3v) is 4.24. The highest BCUT2D eigenvalue weighted by Crippen LogP contribution is 2.25. The largest absolute Gasteiger partial charge is 0.365 e. The number of rotatable bonds is 3. The van der Waals surface area contributed by atoms with E-state index < -0.39 is 5.60 Å². The number of carbonyl (C=O) groups is 1. The second-order valence-electron chi connectivity index (χ2n) is 4.61. The summed E-state index contributed by atoms with van der Waals surface area (Å²) in [6.07, 6.45) is 1.76. The van der Waals surface area contributed by atoms with E-state index in [1.807, 2.05) is 20.8 Å². The molecule has 2 heterocycles. The Morgan fingerprint density at radius 2 is 2.35 bits per heavy atom. The molecule has 1 aliphatic rings. The maximum absolute atomic E-state index is 12.0. The van der Waals surface area contributed by atoms with Gasteiger partial charge in [0, 0.05) is 11.5 Å². The summed E-state index contributed by atoms with van der Waals surface area (Å²) in [4.78, 5) is 17.6. The summed E-state index contributed by atoms with van der Waals surface area (Å²) in [6, 6.07) is 0. The standard InChI is InChI=1S/C12H18N2O2S/c1-8-9(2)17-10(14-8)7-13-11(15)12(3)5-4-6-16-12/h4-7H2,1-3H3,(H,13,15). The van der Waals surface area contributed by atoms with Crippen LogP contribution in [0.3, 0.4) is 0 Å². The van der Waals surface area contributed by atoms with Crippen molar-refractivity contribution in [2.75, 3.05) is 6.61 Å². The number of nitrogens with one attached hydrogen (secondary N) is 1. The average Bonchev–Trinajstić information content (AvgIpc) is 2.85. The van der Waals surface area contributed by atoms with E-state index in [9.17, 15) is 4.79 Å². The number of hydrogen-bond acceptors (Lipinski definition) is 4. The van der Waals surface area contributed by atoms with Crippen LogP contribution in [-0.2, 0) is 16.1 Å². The first-order valence-electron chi connectivity index (χ1n) is 5.86. The molecule has 17 heavy (non-hydrogen) atoms. The van der Waals surface area contributed by atoms with Crippen LogP contribution in [0.1, 0.15) is 35.3 Å². The summed E-state index contributed by atoms with van der Waals surface area (Å²) >= 11 is 1.63. The van der Waals surface area contributed by atoms with Gasteiger partial charge in [-0.25, -0.2) is 4.98 Å². The second kappa shape index (κ2) is 4.74. The zero-order valence-corrected chi connectivity index (χ0v) is 11.3. The van der Waals surface area contributed by atoms with E-state index in [2.05, 4.69) is 10.3 Å². The highest BCUT2D eigenvalue weighted by Gasteiger charge is 2.37. The highest BCUT2D eigenvalue weighted by atomic mass is 32.1. The Labute approximate surface area is 105 Å². The number of thiazole rings is 1. The fourth-order valence-corrected chi connectivity index (χ4v) is 2.79. The minimum atomic E-state index is -0.638. The number of aryl methyl sites for hydroxylation is 2. The zero-order valence-electron chi connectivity index (χ0n) is 10.5. The second-order valence-corrected chi connectivity index (χ2v) is 5.90. The minimum absolute atomic E-state index is 0.0273. The van der Waals surface area contributed by atoms with Crippen LogP contribution in [-0.4, -0.2) is 23.1 Å². The van der Waals surface area contributed by atoms with Crippen LogP contribution < -0.4 is 5.32 Å². The van der Waals surface area contributed by atoms with E-state index in [-0.39, 0.29) is 5.91 Å². The Hall–Kier alpha value is -0.940. The smallest absolute Gasteiger partial charge is 0.252 e. The molecule has 1 aromatic heterocycles. The maximum atomic E-state index is 12.0. The molecule has 0 aromatic carbocycles. The normalized spacial score (nSPS) is 23.9. The molecular formula is C12H18N2O2S. The molecule has 94 valence electrons. The van der Waals surface area contributed by atoms with E-state index in [0.717, 1.165) is 23.5 Å². The van der Waals surface area contributed by atoms with Crippen LogP contribution in [0.25, 0.3) is 0 Å². The van der Waals surface area contributed by atoms with Gasteiger partial charge in [-0.15, -0.1) is 11.3 Å². The first-order valence-corrected chi connectivity index (χ1v) is 6.68. The maximum Gasteiger partial charge on any atom is 0.252 e. The van der Waals surface area contributed by atoms with Gasteiger partial charge in [0.1, 0.15) is 10.6 Å². The summed E-state index contributed by atoms with van der Waals surface area (Å²) in [6.45, 7) is 7.06. The van der Waals surface area contributed by atoms with E-state index in [1.54, 1.807) is 11.3 Å². The van der Waals surface area contributed by atoms with Gasteiger partial charge in [-0.3, -0.25) is 4.79 Å². The number of ether oxygens (including phenoxy) is 1. The lowest BCUT2D eigenvalue weighted by molar-refractivity contribution is -0.139. The molecule has 2 rings (SSSR count). The average molecular weight is 254 g/mol. The van der Waals surface area contributed by atoms with Gasteiger partial charge in [0.15, 0.2) is 0 Å². The summed E-state index contributed by atoms with van der Waals surface area (Å²) in [5.74, 6) is -0.0273. The third kappa shape index (κ3) is 2.66. The van der Waals surface area contributed by atoms with Crippen LogP contribution in [0.5, 0.6) is 0 Å². The van der Waals surface area contributed by atoms with Crippen molar-refractivity contribution in [3.05, 3.63) is 15.6 Å². The number of hydrogen-bond donors (Lipinski definition) is 1. The van der Waals surface area contributed by atoms with Gasteiger partial charge in [0.05, 0.1) is 12.2 Å². The molecule has 4 nitrogen and oxygen atoms in total. The van der Waals surface area contributed by atoms with E-state index >= 15 is 0 Å². The molecule has 0 radical (unpaired) electrons. The van der Waals surface area contributed by atoms with Gasteiger partial charge in [-0.1, -0.05) is 0 Å². The Morgan fingerprint density at radius 3 is 2.88 bits per heavy atom. The van der Waals surface area contributed by atoms with Crippen molar-refractivity contribution in [3.8, 4) is 0 Å². The van der Waals surface area contributed by atoms with Crippen LogP contribution >= 0.6 is 11.3 Å². The van der Waals surface area contributed by atoms with Crippen molar-refractivity contribution >= 4 is 17.2 Å². The molecule has 1 atom stereocenters. The molecule has 1 aliphatic heterocycles. The minimum Gasteiger partial charge on any atom is -0.365 e. The summed E-state index contributed by atoms with van der Waals surface area (Å²) in [5, 5.41) is 3.86. The molecule has 0 saturated carbocycles. The van der Waals surface area contributed by atoms with Gasteiger partial charge < -0.3 is 10.1 Å². The summed E-state index contributed by atoms with van der Waals surface area (Å²) in [7, 11) is 0. The van der Waals surface area contributed by atoms with Crippen molar-refractivity contribution in [2.45, 2.75) is 45.8 Å². The monoisotopic (exact) mass is 254 g/mol. The molecule has 1 unspecified atom stereocenters. The first kappa shape index (κ1) is 12.5. The molecule has 0 bridgehead atoms. The molecule has 1 N–H and O–H groups in total. The first-order chi connectivity index (χ1) is 8.01. The van der Waals surface area contributed by atoms with Gasteiger partial charge >= 0.3 is 0 Å². The Balaban J connectivity index is 1.92. The molecular weight excluding hydrogens is 236 g/mol. The van der Waals surface area contributed by atoms with Crippen LogP contribution in [0, 0.1) is 13.8 Å². The van der Waals surface area contributed by atoms with Crippen molar-refractivity contribution < 1.29 is 9.53 Å². The number of nitrogens with zero attached hydrogens (tertiary/aromatic N) is 1. The number of aromatic nitrogens is 1. The lowest BCUT2D eigenvalue weighted by Crippen LogP contribution is -2.43. The Morgan fingerprint density at radius 1 is 1.59 bits per heavy atom. The molecule has 1 saturated heterocycles. The lowest BCUT2D eigenvalue weighted by atomic mass is 10.0. The van der Waals surface area contributed by atoms with Crippen molar-refractivity contribution in [2.24, 2.45) is 0 Å². The lowest BCUT2D eigenvalue weighted by Gasteiger charge is -2.21. The van der Waals surface area contributed by atoms with Crippen LogP contribution in [0.2, 0.25) is 0 Å². The zero-order chi connectivity index (χ0) is 12.5. The van der Waals surface area contributed by atoms with E-state index in [1.165, 1.54) is 4.88 Å². The molecule has 1 amide bonds. The topological polar surface area (TPSA) is 51.2 Å². The quantitative estimate of drug-likeness (QED) is 0.897. The molecule has 1 fully saturated rings. The SMILES string of the molecule is Cc1nc(CNC(=O)C2(C)CCCO2)sc1C. The van der Waals surface area contributed by atoms with Crippen molar-refractivity contribution in [1.82, 2.24) is 10.3 Å². The predicted molar refractivity (Wildman–Crippen MR) is 67.0 cm³/mol. The van der Waals surface area contributed by atoms with Gasteiger partial charge in [0.25, 0.3) is 5.91 Å².